The molecule has 2 aliphatic rings. The van der Waals surface area contributed by atoms with Gasteiger partial charge in [0.05, 0.1) is 0 Å². The third-order valence-corrected chi connectivity index (χ3v) is 4.61. The van der Waals surface area contributed by atoms with Crippen LogP contribution in [-0.2, 0) is 5.41 Å². The Morgan fingerprint density at radius 2 is 1.76 bits per heavy atom. The molecule has 0 aromatic heterocycles. The molecular weight excluding hydrogens is 206 g/mol. The van der Waals surface area contributed by atoms with E-state index in [9.17, 15) is 0 Å². The second kappa shape index (κ2) is 3.84. The Balaban J connectivity index is 1.83. The normalized spacial score (nSPS) is 24.4. The lowest BCUT2D eigenvalue weighted by Crippen LogP contribution is -2.65. The summed E-state index contributed by atoms with van der Waals surface area (Å²) in [6.45, 7) is 7.21. The van der Waals surface area contributed by atoms with Gasteiger partial charge in [-0.05, 0) is 41.6 Å². The second-order valence-corrected chi connectivity index (χ2v) is 6.70. The Kier molecular flexibility index (Phi) is 2.55. The first-order valence-electron chi connectivity index (χ1n) is 6.91. The van der Waals surface area contributed by atoms with Crippen LogP contribution in [0.4, 0.5) is 0 Å². The van der Waals surface area contributed by atoms with Gasteiger partial charge >= 0.3 is 0 Å². The molecule has 0 unspecified atom stereocenters. The van der Waals surface area contributed by atoms with E-state index < -0.39 is 0 Å². The van der Waals surface area contributed by atoms with Crippen molar-refractivity contribution in [2.75, 3.05) is 13.1 Å². The molecule has 1 nitrogen and oxygen atoms in total. The lowest BCUT2D eigenvalue weighted by Gasteiger charge is -2.62. The topological polar surface area (TPSA) is 12.0 Å². The minimum atomic E-state index is 0.484. The van der Waals surface area contributed by atoms with Gasteiger partial charge in [0.15, 0.2) is 0 Å². The molecule has 0 amide bonds. The quantitative estimate of drug-likeness (QED) is 0.838. The van der Waals surface area contributed by atoms with Gasteiger partial charge in [0.2, 0.25) is 0 Å². The van der Waals surface area contributed by atoms with Crippen molar-refractivity contribution in [2.24, 2.45) is 11.3 Å². The average molecular weight is 229 g/mol. The summed E-state index contributed by atoms with van der Waals surface area (Å²) in [5, 5.41) is 3.45. The summed E-state index contributed by atoms with van der Waals surface area (Å²) in [6.07, 6.45) is 4.14. The summed E-state index contributed by atoms with van der Waals surface area (Å²) in [6, 6.07) is 11.2. The van der Waals surface area contributed by atoms with Gasteiger partial charge in [0, 0.05) is 13.1 Å². The largest absolute Gasteiger partial charge is 0.316 e. The van der Waals surface area contributed by atoms with E-state index in [0.717, 1.165) is 5.92 Å². The Morgan fingerprint density at radius 1 is 1.12 bits per heavy atom. The van der Waals surface area contributed by atoms with Crippen molar-refractivity contribution in [2.45, 2.75) is 38.5 Å². The number of hydrogen-bond acceptors (Lipinski definition) is 1. The van der Waals surface area contributed by atoms with Gasteiger partial charge in [-0.15, -0.1) is 0 Å². The molecule has 1 saturated carbocycles. The average Bonchev–Trinajstić information content (AvgIpc) is 2.21. The molecule has 92 valence electrons. The maximum atomic E-state index is 3.45. The third-order valence-electron chi connectivity index (χ3n) is 4.61. The van der Waals surface area contributed by atoms with Gasteiger partial charge in [-0.3, -0.25) is 0 Å². The van der Waals surface area contributed by atoms with Crippen LogP contribution in [0.5, 0.6) is 0 Å². The zero-order valence-corrected chi connectivity index (χ0v) is 11.0. The van der Waals surface area contributed by atoms with E-state index in [1.807, 2.05) is 0 Å². The number of benzene rings is 1. The summed E-state index contributed by atoms with van der Waals surface area (Å²) < 4.78 is 0. The Hall–Kier alpha value is -0.820. The van der Waals surface area contributed by atoms with Gasteiger partial charge in [-0.2, -0.15) is 0 Å². The van der Waals surface area contributed by atoms with Crippen LogP contribution in [-0.4, -0.2) is 13.1 Å². The monoisotopic (exact) mass is 229 g/mol. The van der Waals surface area contributed by atoms with E-state index in [0.29, 0.717) is 10.8 Å². The minimum Gasteiger partial charge on any atom is -0.316 e. The first-order valence-corrected chi connectivity index (χ1v) is 6.91. The highest BCUT2D eigenvalue weighted by atomic mass is 15.0. The fourth-order valence-electron chi connectivity index (χ4n) is 4.15. The fourth-order valence-corrected chi connectivity index (χ4v) is 4.15. The van der Waals surface area contributed by atoms with Gasteiger partial charge in [-0.25, -0.2) is 0 Å². The second-order valence-electron chi connectivity index (χ2n) is 6.70. The van der Waals surface area contributed by atoms with Crippen LogP contribution in [0.2, 0.25) is 0 Å². The smallest absolute Gasteiger partial charge is 0.00209 e. The summed E-state index contributed by atoms with van der Waals surface area (Å²) >= 11 is 0. The number of hydrogen-bond donors (Lipinski definition) is 1. The lowest BCUT2D eigenvalue weighted by atomic mass is 9.46. The fraction of sp³-hybridized carbons (Fsp3) is 0.625. The van der Waals surface area contributed by atoms with Crippen LogP contribution in [0.15, 0.2) is 30.3 Å². The molecule has 1 spiro atoms. The molecule has 1 heterocycles. The predicted molar refractivity (Wildman–Crippen MR) is 72.1 cm³/mol. The highest BCUT2D eigenvalue weighted by Gasteiger charge is 2.57. The predicted octanol–water partition coefficient (Wildman–Crippen LogP) is 3.35. The van der Waals surface area contributed by atoms with Crippen molar-refractivity contribution in [3.63, 3.8) is 0 Å². The van der Waals surface area contributed by atoms with E-state index in [4.69, 9.17) is 0 Å². The molecule has 0 radical (unpaired) electrons. The Morgan fingerprint density at radius 3 is 2.24 bits per heavy atom. The molecule has 1 aromatic carbocycles. The number of nitrogens with one attached hydrogen (secondary N) is 1. The molecule has 0 bridgehead atoms. The van der Waals surface area contributed by atoms with Crippen LogP contribution < -0.4 is 5.32 Å². The first-order chi connectivity index (χ1) is 8.14. The van der Waals surface area contributed by atoms with Crippen LogP contribution in [0.1, 0.15) is 38.7 Å². The maximum absolute atomic E-state index is 3.45. The van der Waals surface area contributed by atoms with E-state index in [1.165, 1.54) is 32.4 Å². The summed E-state index contributed by atoms with van der Waals surface area (Å²) in [5.74, 6) is 0.792. The Bertz CT molecular complexity index is 381. The van der Waals surface area contributed by atoms with Gasteiger partial charge in [0.25, 0.3) is 0 Å². The zero-order chi connectivity index (χ0) is 11.9. The van der Waals surface area contributed by atoms with Crippen LogP contribution in [0.25, 0.3) is 0 Å². The van der Waals surface area contributed by atoms with Gasteiger partial charge in [-0.1, -0.05) is 44.2 Å². The Labute approximate surface area is 105 Å². The molecule has 1 aliphatic carbocycles. The van der Waals surface area contributed by atoms with Crippen molar-refractivity contribution < 1.29 is 0 Å². The molecule has 1 heteroatoms. The highest BCUT2D eigenvalue weighted by molar-refractivity contribution is 5.32. The molecule has 2 fully saturated rings. The van der Waals surface area contributed by atoms with Crippen LogP contribution >= 0.6 is 0 Å². The van der Waals surface area contributed by atoms with Crippen molar-refractivity contribution in [3.8, 4) is 0 Å². The van der Waals surface area contributed by atoms with Crippen molar-refractivity contribution in [1.82, 2.24) is 5.32 Å². The summed E-state index contributed by atoms with van der Waals surface area (Å²) in [7, 11) is 0. The third kappa shape index (κ3) is 1.81. The van der Waals surface area contributed by atoms with Crippen LogP contribution in [0.3, 0.4) is 0 Å². The summed E-state index contributed by atoms with van der Waals surface area (Å²) in [4.78, 5) is 0. The molecular formula is C16H23N. The first kappa shape index (κ1) is 11.3. The molecule has 1 N–H and O–H groups in total. The van der Waals surface area contributed by atoms with E-state index in [-0.39, 0.29) is 0 Å². The maximum Gasteiger partial charge on any atom is 0.00209 e. The SMILES string of the molecule is CC(C)CC1(c2ccccc2)CC2(CNC2)C1. The van der Waals surface area contributed by atoms with Crippen molar-refractivity contribution in [3.05, 3.63) is 35.9 Å². The van der Waals surface area contributed by atoms with E-state index >= 15 is 0 Å². The molecule has 3 rings (SSSR count). The van der Waals surface area contributed by atoms with Crippen molar-refractivity contribution >= 4 is 0 Å². The van der Waals surface area contributed by atoms with Crippen LogP contribution in [0, 0.1) is 11.3 Å². The van der Waals surface area contributed by atoms with Gasteiger partial charge in [0.1, 0.15) is 0 Å². The zero-order valence-electron chi connectivity index (χ0n) is 11.0. The minimum absolute atomic E-state index is 0.484. The summed E-state index contributed by atoms with van der Waals surface area (Å²) in [5.41, 5.74) is 2.72. The molecule has 0 atom stereocenters. The van der Waals surface area contributed by atoms with Gasteiger partial charge < -0.3 is 5.32 Å². The molecule has 1 aliphatic heterocycles. The standard InChI is InChI=1S/C16H23N/c1-13(2)8-16(14-6-4-3-5-7-14)9-15(10-16)11-17-12-15/h3-7,13,17H,8-12H2,1-2H3. The van der Waals surface area contributed by atoms with E-state index in [2.05, 4.69) is 49.5 Å². The molecule has 1 aromatic rings. The molecule has 17 heavy (non-hydrogen) atoms. The highest BCUT2D eigenvalue weighted by Crippen LogP contribution is 2.60. The lowest BCUT2D eigenvalue weighted by molar-refractivity contribution is -0.0363. The van der Waals surface area contributed by atoms with Crippen molar-refractivity contribution in [1.29, 1.82) is 0 Å². The van der Waals surface area contributed by atoms with E-state index in [1.54, 1.807) is 5.56 Å². The molecule has 1 saturated heterocycles. The number of rotatable bonds is 3.